The number of aliphatic hydroxyl groups excluding tert-OH is 3. The van der Waals surface area contributed by atoms with E-state index in [1.54, 1.807) is 6.92 Å². The molecule has 1 heterocycles. The molecule has 3 N–H and O–H groups in total. The van der Waals surface area contributed by atoms with E-state index in [1.165, 1.54) is 0 Å². The molecule has 1 aliphatic rings. The third-order valence-corrected chi connectivity index (χ3v) is 1.69. The zero-order valence-electron chi connectivity index (χ0n) is 5.77. The molecule has 0 aromatic heterocycles. The molecule has 4 heteroatoms. The zero-order chi connectivity index (χ0) is 7.72. The summed E-state index contributed by atoms with van der Waals surface area (Å²) in [5, 5.41) is 27.0. The summed E-state index contributed by atoms with van der Waals surface area (Å²) in [6.45, 7) is 1.61. The summed E-state index contributed by atoms with van der Waals surface area (Å²) in [5.41, 5.74) is 0. The summed E-state index contributed by atoms with van der Waals surface area (Å²) in [6, 6.07) is 0. The molecule has 10 heavy (non-hydrogen) atoms. The Bertz CT molecular complexity index is 104. The Hall–Kier alpha value is -0.160. The van der Waals surface area contributed by atoms with Gasteiger partial charge in [0.1, 0.15) is 6.10 Å². The molecule has 0 spiro atoms. The van der Waals surface area contributed by atoms with Gasteiger partial charge in [0.25, 0.3) is 0 Å². The van der Waals surface area contributed by atoms with Gasteiger partial charge in [-0.15, -0.1) is 0 Å². The molecular weight excluding hydrogens is 136 g/mol. The van der Waals surface area contributed by atoms with Crippen LogP contribution in [0.5, 0.6) is 0 Å². The van der Waals surface area contributed by atoms with E-state index in [-0.39, 0.29) is 6.42 Å². The minimum atomic E-state index is -0.937. The van der Waals surface area contributed by atoms with Crippen molar-refractivity contribution in [3.63, 3.8) is 0 Å². The van der Waals surface area contributed by atoms with Crippen LogP contribution in [0.1, 0.15) is 13.3 Å². The molecule has 60 valence electrons. The highest BCUT2D eigenvalue weighted by Crippen LogP contribution is 2.17. The predicted octanol–water partition coefficient (Wildman–Crippen LogP) is -1.16. The zero-order valence-corrected chi connectivity index (χ0v) is 5.77. The number of aliphatic hydroxyl groups is 3. The van der Waals surface area contributed by atoms with Crippen LogP contribution in [0.25, 0.3) is 0 Å². The lowest BCUT2D eigenvalue weighted by Gasteiger charge is -2.32. The Kier molecular flexibility index (Phi) is 2.25. The number of rotatable bonds is 0. The van der Waals surface area contributed by atoms with Crippen molar-refractivity contribution in [2.24, 2.45) is 0 Å². The van der Waals surface area contributed by atoms with E-state index in [0.717, 1.165) is 0 Å². The molecule has 1 saturated heterocycles. The minimum Gasteiger partial charge on any atom is -0.390 e. The second kappa shape index (κ2) is 2.84. The molecule has 1 aliphatic heterocycles. The smallest absolute Gasteiger partial charge is 0.157 e. The standard InChI is InChI=1S/C6H12O4/c1-3-6(9)4(7)2-5(8)10-3/h3-9H,2H2,1H3/t3-,4-,5+,6+/m1/s1. The SMILES string of the molecule is C[C@H]1O[C@H](O)C[C@@H](O)[C@H]1O. The first-order chi connectivity index (χ1) is 4.61. The third-order valence-electron chi connectivity index (χ3n) is 1.69. The van der Waals surface area contributed by atoms with Gasteiger partial charge in [0.15, 0.2) is 6.29 Å². The average molecular weight is 148 g/mol. The van der Waals surface area contributed by atoms with E-state index in [0.29, 0.717) is 0 Å². The van der Waals surface area contributed by atoms with E-state index in [2.05, 4.69) is 0 Å². The predicted molar refractivity (Wildman–Crippen MR) is 33.2 cm³/mol. The molecule has 1 rings (SSSR count). The van der Waals surface area contributed by atoms with Crippen molar-refractivity contribution in [2.75, 3.05) is 0 Å². The van der Waals surface area contributed by atoms with Crippen molar-refractivity contribution >= 4 is 0 Å². The quantitative estimate of drug-likeness (QED) is 0.405. The molecule has 4 atom stereocenters. The van der Waals surface area contributed by atoms with Gasteiger partial charge in [-0.2, -0.15) is 0 Å². The highest BCUT2D eigenvalue weighted by atomic mass is 16.6. The first-order valence-electron chi connectivity index (χ1n) is 3.31. The van der Waals surface area contributed by atoms with Crippen molar-refractivity contribution in [3.8, 4) is 0 Å². The van der Waals surface area contributed by atoms with E-state index in [9.17, 15) is 0 Å². The van der Waals surface area contributed by atoms with Crippen LogP contribution in [0.2, 0.25) is 0 Å². The maximum atomic E-state index is 9.08. The van der Waals surface area contributed by atoms with Crippen LogP contribution in [0, 0.1) is 0 Å². The highest BCUT2D eigenvalue weighted by molar-refractivity contribution is 4.78. The normalized spacial score (nSPS) is 49.2. The molecular formula is C6H12O4. The topological polar surface area (TPSA) is 69.9 Å². The maximum Gasteiger partial charge on any atom is 0.157 e. The summed E-state index contributed by atoms with van der Waals surface area (Å²) >= 11 is 0. The van der Waals surface area contributed by atoms with Gasteiger partial charge in [0.2, 0.25) is 0 Å². The average Bonchev–Trinajstić information content (AvgIpc) is 1.82. The van der Waals surface area contributed by atoms with Crippen LogP contribution >= 0.6 is 0 Å². The summed E-state index contributed by atoms with van der Waals surface area (Å²) in [7, 11) is 0. The van der Waals surface area contributed by atoms with Gasteiger partial charge in [-0.05, 0) is 6.92 Å². The lowest BCUT2D eigenvalue weighted by Crippen LogP contribution is -2.46. The van der Waals surface area contributed by atoms with Crippen molar-refractivity contribution in [2.45, 2.75) is 37.9 Å². The van der Waals surface area contributed by atoms with Gasteiger partial charge in [-0.1, -0.05) is 0 Å². The van der Waals surface area contributed by atoms with Crippen molar-refractivity contribution < 1.29 is 20.1 Å². The summed E-state index contributed by atoms with van der Waals surface area (Å²) < 4.78 is 4.81. The lowest BCUT2D eigenvalue weighted by molar-refractivity contribution is -0.226. The first kappa shape index (κ1) is 7.94. The van der Waals surface area contributed by atoms with E-state index < -0.39 is 24.6 Å². The van der Waals surface area contributed by atoms with Gasteiger partial charge in [0, 0.05) is 6.42 Å². The van der Waals surface area contributed by atoms with Crippen LogP contribution < -0.4 is 0 Å². The third kappa shape index (κ3) is 1.46. The molecule has 0 aromatic carbocycles. The van der Waals surface area contributed by atoms with E-state index >= 15 is 0 Å². The molecule has 0 aromatic rings. The van der Waals surface area contributed by atoms with Crippen molar-refractivity contribution in [1.82, 2.24) is 0 Å². The van der Waals surface area contributed by atoms with E-state index in [1.807, 2.05) is 0 Å². The van der Waals surface area contributed by atoms with Crippen LogP contribution in [-0.2, 0) is 4.74 Å². The number of ether oxygens (including phenoxy) is 1. The number of hydrogen-bond acceptors (Lipinski definition) is 4. The highest BCUT2D eigenvalue weighted by Gasteiger charge is 2.32. The Morgan fingerprint density at radius 3 is 2.40 bits per heavy atom. The minimum absolute atomic E-state index is 0.0888. The Morgan fingerprint density at radius 2 is 1.90 bits per heavy atom. The fraction of sp³-hybridized carbons (Fsp3) is 1.00. The van der Waals surface area contributed by atoms with Gasteiger partial charge in [-0.25, -0.2) is 0 Å². The first-order valence-corrected chi connectivity index (χ1v) is 3.31. The van der Waals surface area contributed by atoms with Crippen molar-refractivity contribution in [3.05, 3.63) is 0 Å². The fourth-order valence-electron chi connectivity index (χ4n) is 1.04. The van der Waals surface area contributed by atoms with Crippen LogP contribution in [0.3, 0.4) is 0 Å². The number of hydrogen-bond donors (Lipinski definition) is 3. The second-order valence-electron chi connectivity index (χ2n) is 2.59. The lowest BCUT2D eigenvalue weighted by atomic mass is 10.0. The van der Waals surface area contributed by atoms with Crippen LogP contribution in [-0.4, -0.2) is 39.9 Å². The largest absolute Gasteiger partial charge is 0.390 e. The fourth-order valence-corrected chi connectivity index (χ4v) is 1.04. The van der Waals surface area contributed by atoms with Crippen LogP contribution in [0.15, 0.2) is 0 Å². The molecule has 0 amide bonds. The van der Waals surface area contributed by atoms with E-state index in [4.69, 9.17) is 20.1 Å². The Balaban J connectivity index is 2.49. The Labute approximate surface area is 59.1 Å². The maximum absolute atomic E-state index is 9.08. The Morgan fingerprint density at radius 1 is 1.30 bits per heavy atom. The molecule has 0 aliphatic carbocycles. The molecule has 0 bridgehead atoms. The molecule has 0 saturated carbocycles. The monoisotopic (exact) mass is 148 g/mol. The van der Waals surface area contributed by atoms with Crippen molar-refractivity contribution in [1.29, 1.82) is 0 Å². The van der Waals surface area contributed by atoms with Gasteiger partial charge >= 0.3 is 0 Å². The molecule has 0 unspecified atom stereocenters. The summed E-state index contributed by atoms with van der Waals surface area (Å²) in [4.78, 5) is 0. The molecule has 1 fully saturated rings. The summed E-state index contributed by atoms with van der Waals surface area (Å²) in [6.07, 6.45) is -3.07. The summed E-state index contributed by atoms with van der Waals surface area (Å²) in [5.74, 6) is 0. The van der Waals surface area contributed by atoms with Gasteiger partial charge < -0.3 is 20.1 Å². The molecule has 0 radical (unpaired) electrons. The van der Waals surface area contributed by atoms with Gasteiger partial charge in [-0.3, -0.25) is 0 Å². The second-order valence-corrected chi connectivity index (χ2v) is 2.59. The van der Waals surface area contributed by atoms with Gasteiger partial charge in [0.05, 0.1) is 12.2 Å². The molecule has 4 nitrogen and oxygen atoms in total. The van der Waals surface area contributed by atoms with Crippen LogP contribution in [0.4, 0.5) is 0 Å².